The van der Waals surface area contributed by atoms with Crippen LogP contribution < -0.4 is 0 Å². The molecule has 0 amide bonds. The topological polar surface area (TPSA) is 0 Å². The van der Waals surface area contributed by atoms with Crippen molar-refractivity contribution in [1.82, 2.24) is 0 Å². The molecular formula is C34H66. The van der Waals surface area contributed by atoms with Crippen LogP contribution in [0.1, 0.15) is 171 Å². The molecule has 0 saturated carbocycles. The predicted molar refractivity (Wildman–Crippen MR) is 159 cm³/mol. The summed E-state index contributed by atoms with van der Waals surface area (Å²) in [6.45, 7) is 19.1. The maximum atomic E-state index is 2.54. The van der Waals surface area contributed by atoms with E-state index in [1.807, 2.05) is 0 Å². The molecule has 0 N–H and O–H groups in total. The van der Waals surface area contributed by atoms with Crippen LogP contribution in [-0.2, 0) is 0 Å². The van der Waals surface area contributed by atoms with Gasteiger partial charge in [-0.1, -0.05) is 129 Å². The Kier molecular flexibility index (Phi) is 22.6. The highest BCUT2D eigenvalue weighted by Gasteiger charge is 2.12. The molecule has 0 radical (unpaired) electrons. The van der Waals surface area contributed by atoms with Gasteiger partial charge in [0.2, 0.25) is 0 Å². The third-order valence-electron chi connectivity index (χ3n) is 8.48. The highest BCUT2D eigenvalue weighted by atomic mass is 14.2. The van der Waals surface area contributed by atoms with Gasteiger partial charge in [-0.25, -0.2) is 0 Å². The molecule has 0 bridgehead atoms. The fourth-order valence-corrected chi connectivity index (χ4v) is 5.48. The van der Waals surface area contributed by atoms with Gasteiger partial charge >= 0.3 is 0 Å². The molecule has 0 spiro atoms. The summed E-state index contributed by atoms with van der Waals surface area (Å²) in [4.78, 5) is 0. The third kappa shape index (κ3) is 19.8. The van der Waals surface area contributed by atoms with Crippen LogP contribution in [0, 0.1) is 23.7 Å². The summed E-state index contributed by atoms with van der Waals surface area (Å²) in [6.07, 6.45) is 29.8. The third-order valence-corrected chi connectivity index (χ3v) is 8.48. The van der Waals surface area contributed by atoms with Gasteiger partial charge in [-0.05, 0) is 88.9 Å². The van der Waals surface area contributed by atoms with E-state index in [9.17, 15) is 0 Å². The SMILES string of the molecule is CC=C(CC)CCCC(C)C(C)CCCCCCCC=C(C)CCC(C)CC(C)CCCCC. The highest BCUT2D eigenvalue weighted by Crippen LogP contribution is 2.25. The van der Waals surface area contributed by atoms with Crippen molar-refractivity contribution in [2.24, 2.45) is 23.7 Å². The molecule has 4 atom stereocenters. The van der Waals surface area contributed by atoms with Gasteiger partial charge in [0.05, 0.1) is 0 Å². The van der Waals surface area contributed by atoms with Gasteiger partial charge in [0.1, 0.15) is 0 Å². The second-order valence-electron chi connectivity index (χ2n) is 12.0. The minimum absolute atomic E-state index is 0.882. The van der Waals surface area contributed by atoms with Crippen LogP contribution in [0.4, 0.5) is 0 Å². The number of unbranched alkanes of at least 4 members (excludes halogenated alkanes) is 7. The standard InChI is InChI=1S/C34H66/c1-9-12-17-22-30(5)28-31(6)27-26-29(4)21-18-15-13-14-16-19-23-32(7)33(8)24-20-25-34(10-2)11-3/h10,21,30-33H,9,11-20,22-28H2,1-8H3. The van der Waals surface area contributed by atoms with Crippen molar-refractivity contribution in [3.8, 4) is 0 Å². The Morgan fingerprint density at radius 3 is 1.88 bits per heavy atom. The number of rotatable bonds is 23. The van der Waals surface area contributed by atoms with Crippen LogP contribution in [0.5, 0.6) is 0 Å². The summed E-state index contributed by atoms with van der Waals surface area (Å²) >= 11 is 0. The molecule has 0 aromatic carbocycles. The van der Waals surface area contributed by atoms with Crippen molar-refractivity contribution in [2.75, 3.05) is 0 Å². The molecule has 0 heterocycles. The molecule has 0 aliphatic carbocycles. The lowest BCUT2D eigenvalue weighted by atomic mass is 9.86. The largest absolute Gasteiger partial charge is 0.0885 e. The number of hydrogen-bond acceptors (Lipinski definition) is 0. The Bertz CT molecular complexity index is 496. The van der Waals surface area contributed by atoms with Gasteiger partial charge in [0, 0.05) is 0 Å². The zero-order valence-corrected chi connectivity index (χ0v) is 25.2. The fraction of sp³-hybridized carbons (Fsp3) is 0.882. The van der Waals surface area contributed by atoms with Gasteiger partial charge in [0.25, 0.3) is 0 Å². The Morgan fingerprint density at radius 2 is 1.24 bits per heavy atom. The van der Waals surface area contributed by atoms with Gasteiger partial charge < -0.3 is 0 Å². The highest BCUT2D eigenvalue weighted by molar-refractivity contribution is 4.99. The molecule has 0 aliphatic rings. The monoisotopic (exact) mass is 475 g/mol. The maximum Gasteiger partial charge on any atom is -0.0320 e. The lowest BCUT2D eigenvalue weighted by Crippen LogP contribution is -2.08. The molecule has 0 aliphatic heterocycles. The predicted octanol–water partition coefficient (Wildman–Crippen LogP) is 12.5. The lowest BCUT2D eigenvalue weighted by molar-refractivity contribution is 0.326. The summed E-state index contributed by atoms with van der Waals surface area (Å²) in [5.74, 6) is 3.57. The Labute approximate surface area is 217 Å². The van der Waals surface area contributed by atoms with E-state index in [1.54, 1.807) is 11.1 Å². The van der Waals surface area contributed by atoms with Crippen molar-refractivity contribution >= 4 is 0 Å². The molecule has 4 unspecified atom stereocenters. The van der Waals surface area contributed by atoms with Crippen LogP contribution >= 0.6 is 0 Å². The van der Waals surface area contributed by atoms with Crippen molar-refractivity contribution < 1.29 is 0 Å². The quantitative estimate of drug-likeness (QED) is 0.102. The van der Waals surface area contributed by atoms with Crippen LogP contribution in [0.25, 0.3) is 0 Å². The van der Waals surface area contributed by atoms with Crippen molar-refractivity contribution in [3.05, 3.63) is 23.3 Å². The molecule has 34 heavy (non-hydrogen) atoms. The van der Waals surface area contributed by atoms with E-state index in [2.05, 4.69) is 67.5 Å². The summed E-state index contributed by atoms with van der Waals surface area (Å²) in [7, 11) is 0. The van der Waals surface area contributed by atoms with Gasteiger partial charge in [0.15, 0.2) is 0 Å². The molecule has 0 nitrogen and oxygen atoms in total. The molecule has 0 fully saturated rings. The minimum Gasteiger partial charge on any atom is -0.0885 e. The van der Waals surface area contributed by atoms with E-state index in [1.165, 1.54) is 116 Å². The summed E-state index contributed by atoms with van der Waals surface area (Å²) in [5, 5.41) is 0. The smallest absolute Gasteiger partial charge is 0.0320 e. The van der Waals surface area contributed by atoms with Crippen LogP contribution in [-0.4, -0.2) is 0 Å². The van der Waals surface area contributed by atoms with E-state index >= 15 is 0 Å². The number of allylic oxidation sites excluding steroid dienone is 4. The first-order valence-electron chi connectivity index (χ1n) is 15.6. The molecule has 0 rings (SSSR count). The van der Waals surface area contributed by atoms with E-state index in [-0.39, 0.29) is 0 Å². The van der Waals surface area contributed by atoms with Gasteiger partial charge in [-0.15, -0.1) is 0 Å². The van der Waals surface area contributed by atoms with E-state index in [0.29, 0.717) is 0 Å². The normalized spacial score (nSPS) is 16.5. The van der Waals surface area contributed by atoms with E-state index < -0.39 is 0 Å². The van der Waals surface area contributed by atoms with Crippen molar-refractivity contribution in [2.45, 2.75) is 171 Å². The number of hydrogen-bond donors (Lipinski definition) is 0. The second-order valence-corrected chi connectivity index (χ2v) is 12.0. The average molecular weight is 475 g/mol. The first-order chi connectivity index (χ1) is 16.3. The van der Waals surface area contributed by atoms with Crippen LogP contribution in [0.2, 0.25) is 0 Å². The van der Waals surface area contributed by atoms with Crippen LogP contribution in [0.3, 0.4) is 0 Å². The van der Waals surface area contributed by atoms with E-state index in [0.717, 1.165) is 23.7 Å². The molecule has 0 aromatic rings. The molecule has 202 valence electrons. The van der Waals surface area contributed by atoms with E-state index in [4.69, 9.17) is 0 Å². The molecule has 0 heteroatoms. The van der Waals surface area contributed by atoms with Crippen molar-refractivity contribution in [3.63, 3.8) is 0 Å². The van der Waals surface area contributed by atoms with Crippen molar-refractivity contribution in [1.29, 1.82) is 0 Å². The average Bonchev–Trinajstić information content (AvgIpc) is 2.82. The zero-order chi connectivity index (χ0) is 25.6. The summed E-state index contributed by atoms with van der Waals surface area (Å²) in [6, 6.07) is 0. The molecule has 0 saturated heterocycles. The Balaban J connectivity index is 3.72. The molecular weight excluding hydrogens is 408 g/mol. The second kappa shape index (κ2) is 22.9. The first kappa shape index (κ1) is 33.5. The maximum absolute atomic E-state index is 2.54. The fourth-order valence-electron chi connectivity index (χ4n) is 5.48. The van der Waals surface area contributed by atoms with Crippen LogP contribution in [0.15, 0.2) is 23.3 Å². The zero-order valence-electron chi connectivity index (χ0n) is 25.2. The van der Waals surface area contributed by atoms with Gasteiger partial charge in [-0.2, -0.15) is 0 Å². The summed E-state index contributed by atoms with van der Waals surface area (Å²) in [5.41, 5.74) is 3.27. The molecule has 0 aromatic heterocycles. The summed E-state index contributed by atoms with van der Waals surface area (Å²) < 4.78 is 0. The Hall–Kier alpha value is -0.520. The first-order valence-corrected chi connectivity index (χ1v) is 15.6. The lowest BCUT2D eigenvalue weighted by Gasteiger charge is -2.20. The Morgan fingerprint density at radius 1 is 0.647 bits per heavy atom. The van der Waals surface area contributed by atoms with Gasteiger partial charge in [-0.3, -0.25) is 0 Å². The minimum atomic E-state index is 0.882.